The summed E-state index contributed by atoms with van der Waals surface area (Å²) in [5, 5.41) is 5.99. The maximum absolute atomic E-state index is 10.9. The third kappa shape index (κ3) is 5.17. The first-order valence-corrected chi connectivity index (χ1v) is 6.35. The van der Waals surface area contributed by atoms with Crippen LogP contribution in [0.5, 0.6) is 0 Å². The quantitative estimate of drug-likeness (QED) is 0.452. The van der Waals surface area contributed by atoms with Crippen molar-refractivity contribution in [3.05, 3.63) is 0 Å². The summed E-state index contributed by atoms with van der Waals surface area (Å²) in [5.41, 5.74) is 0. The Balaban J connectivity index is 1.75. The molecule has 88 valence electrons. The molecule has 0 radical (unpaired) electrons. The maximum Gasteiger partial charge on any atom is 0.239 e. The topological polar surface area (TPSA) is 41.1 Å². The summed E-state index contributed by atoms with van der Waals surface area (Å²) in [7, 11) is 0. The van der Waals surface area contributed by atoms with Crippen molar-refractivity contribution in [2.45, 2.75) is 57.9 Å². The molecule has 1 rings (SSSR count). The van der Waals surface area contributed by atoms with Gasteiger partial charge in [-0.2, -0.15) is 0 Å². The van der Waals surface area contributed by atoms with Crippen LogP contribution in [0, 0.1) is 0 Å². The molecule has 1 aliphatic heterocycles. The van der Waals surface area contributed by atoms with Crippen molar-refractivity contribution in [2.24, 2.45) is 0 Å². The highest BCUT2D eigenvalue weighted by molar-refractivity contribution is 5.87. The molecule has 3 heteroatoms. The largest absolute Gasteiger partial charge is 0.353 e. The van der Waals surface area contributed by atoms with Crippen LogP contribution >= 0.6 is 0 Å². The van der Waals surface area contributed by atoms with E-state index in [1.54, 1.807) is 0 Å². The smallest absolute Gasteiger partial charge is 0.239 e. The van der Waals surface area contributed by atoms with Crippen molar-refractivity contribution >= 4 is 5.91 Å². The molecule has 0 aromatic rings. The highest BCUT2D eigenvalue weighted by Crippen LogP contribution is 2.06. The van der Waals surface area contributed by atoms with Crippen LogP contribution in [0.4, 0.5) is 0 Å². The fourth-order valence-electron chi connectivity index (χ4n) is 1.81. The Bertz CT molecular complexity index is 182. The van der Waals surface area contributed by atoms with Crippen molar-refractivity contribution in [1.29, 1.82) is 0 Å². The predicted octanol–water partition coefficient (Wildman–Crippen LogP) is 1.82. The monoisotopic (exact) mass is 212 g/mol. The second kappa shape index (κ2) is 7.69. The van der Waals surface area contributed by atoms with Gasteiger partial charge in [-0.1, -0.05) is 45.4 Å². The molecule has 1 atom stereocenters. The Labute approximate surface area is 93.0 Å². The number of nitrogens with one attached hydrogen (secondary N) is 2. The van der Waals surface area contributed by atoms with E-state index in [1.807, 2.05) is 0 Å². The molecule has 0 saturated carbocycles. The van der Waals surface area contributed by atoms with E-state index in [9.17, 15) is 4.79 Å². The van der Waals surface area contributed by atoms with Crippen molar-refractivity contribution in [3.8, 4) is 0 Å². The first-order chi connectivity index (χ1) is 7.34. The number of amides is 1. The third-order valence-electron chi connectivity index (χ3n) is 2.97. The lowest BCUT2D eigenvalue weighted by atomic mass is 10.1. The molecule has 0 bridgehead atoms. The van der Waals surface area contributed by atoms with E-state index < -0.39 is 0 Å². The van der Waals surface area contributed by atoms with Gasteiger partial charge < -0.3 is 10.6 Å². The Morgan fingerprint density at radius 1 is 1.20 bits per heavy atom. The lowest BCUT2D eigenvalue weighted by Crippen LogP contribution is -2.60. The van der Waals surface area contributed by atoms with Gasteiger partial charge in [0.15, 0.2) is 0 Å². The number of β-lactam (4-membered cyclic amide) rings is 1. The SMILES string of the molecule is CCCCCCCCCN[C@H]1CNC1=O. The van der Waals surface area contributed by atoms with Gasteiger partial charge in [-0.3, -0.25) is 4.79 Å². The van der Waals surface area contributed by atoms with E-state index in [0.717, 1.165) is 13.1 Å². The van der Waals surface area contributed by atoms with Gasteiger partial charge in [0.25, 0.3) is 0 Å². The number of carbonyl (C=O) groups excluding carboxylic acids is 1. The molecular formula is C12H24N2O. The van der Waals surface area contributed by atoms with Crippen molar-refractivity contribution < 1.29 is 4.79 Å². The molecule has 1 amide bonds. The van der Waals surface area contributed by atoms with Crippen molar-refractivity contribution in [2.75, 3.05) is 13.1 Å². The van der Waals surface area contributed by atoms with Gasteiger partial charge in [-0.25, -0.2) is 0 Å². The summed E-state index contributed by atoms with van der Waals surface area (Å²) in [5.74, 6) is 0.165. The van der Waals surface area contributed by atoms with E-state index in [4.69, 9.17) is 0 Å². The molecule has 15 heavy (non-hydrogen) atoms. The molecule has 0 aromatic carbocycles. The summed E-state index contributed by atoms with van der Waals surface area (Å²) >= 11 is 0. The molecule has 0 aromatic heterocycles. The Kier molecular flexibility index (Phi) is 6.41. The number of hydrogen-bond donors (Lipinski definition) is 2. The Morgan fingerprint density at radius 2 is 1.87 bits per heavy atom. The van der Waals surface area contributed by atoms with E-state index >= 15 is 0 Å². The van der Waals surface area contributed by atoms with Gasteiger partial charge in [0, 0.05) is 6.54 Å². The van der Waals surface area contributed by atoms with Crippen LogP contribution in [0.3, 0.4) is 0 Å². The number of unbranched alkanes of at least 4 members (excludes halogenated alkanes) is 6. The van der Waals surface area contributed by atoms with E-state index in [1.165, 1.54) is 44.9 Å². The lowest BCUT2D eigenvalue weighted by Gasteiger charge is -2.26. The zero-order valence-corrected chi connectivity index (χ0v) is 9.85. The molecule has 1 aliphatic rings. The van der Waals surface area contributed by atoms with E-state index in [2.05, 4.69) is 17.6 Å². The molecule has 0 aliphatic carbocycles. The van der Waals surface area contributed by atoms with Crippen LogP contribution < -0.4 is 10.6 Å². The molecule has 1 heterocycles. The van der Waals surface area contributed by atoms with Gasteiger partial charge in [-0.05, 0) is 13.0 Å². The van der Waals surface area contributed by atoms with Crippen LogP contribution in [-0.2, 0) is 4.79 Å². The number of carbonyl (C=O) groups is 1. The molecule has 0 spiro atoms. The summed E-state index contributed by atoms with van der Waals surface area (Å²) in [6.45, 7) is 4.05. The molecule has 1 fully saturated rings. The fraction of sp³-hybridized carbons (Fsp3) is 0.917. The maximum atomic E-state index is 10.9. The zero-order valence-electron chi connectivity index (χ0n) is 9.85. The number of hydrogen-bond acceptors (Lipinski definition) is 2. The predicted molar refractivity (Wildman–Crippen MR) is 62.8 cm³/mol. The van der Waals surface area contributed by atoms with E-state index in [-0.39, 0.29) is 11.9 Å². The molecule has 0 unspecified atom stereocenters. The van der Waals surface area contributed by atoms with Gasteiger partial charge in [0.05, 0.1) is 0 Å². The molecule has 3 nitrogen and oxygen atoms in total. The second-order valence-corrected chi connectivity index (χ2v) is 4.37. The minimum atomic E-state index is 0.102. The van der Waals surface area contributed by atoms with Crippen molar-refractivity contribution in [3.63, 3.8) is 0 Å². The van der Waals surface area contributed by atoms with Crippen LogP contribution in [0.15, 0.2) is 0 Å². The van der Waals surface area contributed by atoms with Gasteiger partial charge in [-0.15, -0.1) is 0 Å². The first kappa shape index (κ1) is 12.5. The minimum absolute atomic E-state index is 0.102. The average molecular weight is 212 g/mol. The van der Waals surface area contributed by atoms with Crippen LogP contribution in [-0.4, -0.2) is 25.0 Å². The molecular weight excluding hydrogens is 188 g/mol. The summed E-state index contributed by atoms with van der Waals surface area (Å²) in [6, 6.07) is 0.102. The average Bonchev–Trinajstić information content (AvgIpc) is 2.25. The molecule has 2 N–H and O–H groups in total. The summed E-state index contributed by atoms with van der Waals surface area (Å²) in [6.07, 6.45) is 9.30. The van der Waals surface area contributed by atoms with Gasteiger partial charge >= 0.3 is 0 Å². The molecule has 1 saturated heterocycles. The summed E-state index contributed by atoms with van der Waals surface area (Å²) < 4.78 is 0. The Morgan fingerprint density at radius 3 is 2.40 bits per heavy atom. The normalized spacial score (nSPS) is 19.8. The fourth-order valence-corrected chi connectivity index (χ4v) is 1.81. The van der Waals surface area contributed by atoms with Gasteiger partial charge in [0.1, 0.15) is 6.04 Å². The standard InChI is InChI=1S/C12H24N2O/c1-2-3-4-5-6-7-8-9-13-11-10-14-12(11)15/h11,13H,2-10H2,1H3,(H,14,15)/t11-/m0/s1. The Hall–Kier alpha value is -0.570. The third-order valence-corrected chi connectivity index (χ3v) is 2.97. The minimum Gasteiger partial charge on any atom is -0.353 e. The van der Waals surface area contributed by atoms with Gasteiger partial charge in [0.2, 0.25) is 5.91 Å². The highest BCUT2D eigenvalue weighted by Gasteiger charge is 2.25. The van der Waals surface area contributed by atoms with Crippen LogP contribution in [0.2, 0.25) is 0 Å². The van der Waals surface area contributed by atoms with Crippen LogP contribution in [0.25, 0.3) is 0 Å². The first-order valence-electron chi connectivity index (χ1n) is 6.35. The zero-order chi connectivity index (χ0) is 10.9. The van der Waals surface area contributed by atoms with E-state index in [0.29, 0.717) is 0 Å². The van der Waals surface area contributed by atoms with Crippen molar-refractivity contribution in [1.82, 2.24) is 10.6 Å². The highest BCUT2D eigenvalue weighted by atomic mass is 16.2. The number of rotatable bonds is 9. The van der Waals surface area contributed by atoms with Crippen LogP contribution in [0.1, 0.15) is 51.9 Å². The second-order valence-electron chi connectivity index (χ2n) is 4.37. The lowest BCUT2D eigenvalue weighted by molar-refractivity contribution is -0.128. The summed E-state index contributed by atoms with van der Waals surface area (Å²) in [4.78, 5) is 10.9.